The molecule has 1 fully saturated rings. The number of nitrogens with zero attached hydrogens (tertiary/aromatic N) is 1. The van der Waals surface area contributed by atoms with Gasteiger partial charge in [0.15, 0.2) is 0 Å². The van der Waals surface area contributed by atoms with Gasteiger partial charge in [-0.2, -0.15) is 0 Å². The van der Waals surface area contributed by atoms with Crippen molar-refractivity contribution >= 4 is 35.1 Å². The highest BCUT2D eigenvalue weighted by Gasteiger charge is 2.27. The normalized spacial score (nSPS) is 18.8. The first kappa shape index (κ1) is 18.9. The molecule has 2 unspecified atom stereocenters. The Balaban J connectivity index is 1.83. The first-order valence-electron chi connectivity index (χ1n) is 8.17. The zero-order valence-electron chi connectivity index (χ0n) is 13.9. The van der Waals surface area contributed by atoms with Crippen LogP contribution in [-0.2, 0) is 11.3 Å². The lowest BCUT2D eigenvalue weighted by Gasteiger charge is -2.35. The lowest BCUT2D eigenvalue weighted by atomic mass is 10.0. The molecule has 1 heterocycles. The summed E-state index contributed by atoms with van der Waals surface area (Å²) in [6.07, 6.45) is 3.18. The molecule has 1 aliphatic heterocycles. The maximum Gasteiger partial charge on any atom is 0.315 e. The Morgan fingerprint density at radius 3 is 2.75 bits per heavy atom. The molecule has 1 aromatic carbocycles. The van der Waals surface area contributed by atoms with E-state index in [-0.39, 0.29) is 18.5 Å². The number of rotatable bonds is 4. The molecule has 0 spiro atoms. The molecule has 24 heavy (non-hydrogen) atoms. The van der Waals surface area contributed by atoms with Gasteiger partial charge in [-0.15, -0.1) is 0 Å². The molecule has 0 aromatic heterocycles. The predicted octanol–water partition coefficient (Wildman–Crippen LogP) is 3.58. The van der Waals surface area contributed by atoms with Gasteiger partial charge in [0.25, 0.3) is 0 Å². The maximum atomic E-state index is 12.5. The van der Waals surface area contributed by atoms with Crippen molar-refractivity contribution in [1.82, 2.24) is 15.5 Å². The highest BCUT2D eigenvalue weighted by molar-refractivity contribution is 6.35. The molecule has 1 saturated heterocycles. The van der Waals surface area contributed by atoms with E-state index in [4.69, 9.17) is 23.2 Å². The molecule has 2 N–H and O–H groups in total. The molecular formula is C17H23Cl2N3O2. The van der Waals surface area contributed by atoms with Crippen molar-refractivity contribution in [2.45, 2.75) is 51.7 Å². The van der Waals surface area contributed by atoms with Crippen molar-refractivity contribution in [2.75, 3.05) is 6.54 Å². The van der Waals surface area contributed by atoms with Gasteiger partial charge in [-0.1, -0.05) is 29.3 Å². The van der Waals surface area contributed by atoms with Crippen LogP contribution in [0, 0.1) is 0 Å². The zero-order valence-corrected chi connectivity index (χ0v) is 15.5. The number of nitrogens with one attached hydrogen (secondary N) is 2. The van der Waals surface area contributed by atoms with Crippen LogP contribution in [0.1, 0.15) is 38.7 Å². The molecule has 5 nitrogen and oxygen atoms in total. The van der Waals surface area contributed by atoms with Crippen molar-refractivity contribution < 1.29 is 9.59 Å². The molecule has 132 valence electrons. The molecule has 0 saturated carbocycles. The fraction of sp³-hybridized carbons (Fsp3) is 0.529. The standard InChI is InChI=1S/C17H23Cl2N3O2/c1-11-5-3-4-8-22(11)16(23)12(2)21-17(24)20-10-13-6-7-14(18)9-15(13)19/h6-7,9,11-12H,3-5,8,10H2,1-2H3,(H2,20,21,24). The van der Waals surface area contributed by atoms with Gasteiger partial charge < -0.3 is 15.5 Å². The average Bonchev–Trinajstić information content (AvgIpc) is 2.53. The average molecular weight is 372 g/mol. The number of halogens is 2. The van der Waals surface area contributed by atoms with Gasteiger partial charge in [-0.3, -0.25) is 4.79 Å². The summed E-state index contributed by atoms with van der Waals surface area (Å²) in [5.41, 5.74) is 0.764. The summed E-state index contributed by atoms with van der Waals surface area (Å²) in [7, 11) is 0. The second-order valence-corrected chi connectivity index (χ2v) is 7.00. The van der Waals surface area contributed by atoms with Gasteiger partial charge >= 0.3 is 6.03 Å². The minimum absolute atomic E-state index is 0.0399. The Morgan fingerprint density at radius 1 is 1.33 bits per heavy atom. The van der Waals surface area contributed by atoms with E-state index in [0.717, 1.165) is 31.4 Å². The molecular weight excluding hydrogens is 349 g/mol. The fourth-order valence-corrected chi connectivity index (χ4v) is 3.30. The highest BCUT2D eigenvalue weighted by Crippen LogP contribution is 2.20. The second kappa shape index (κ2) is 8.58. The predicted molar refractivity (Wildman–Crippen MR) is 96.3 cm³/mol. The van der Waals surface area contributed by atoms with E-state index >= 15 is 0 Å². The second-order valence-electron chi connectivity index (χ2n) is 6.16. The van der Waals surface area contributed by atoms with Crippen molar-refractivity contribution in [3.8, 4) is 0 Å². The van der Waals surface area contributed by atoms with E-state index < -0.39 is 12.1 Å². The number of carbonyl (C=O) groups is 2. The van der Waals surface area contributed by atoms with E-state index in [1.807, 2.05) is 11.8 Å². The maximum absolute atomic E-state index is 12.5. The highest BCUT2D eigenvalue weighted by atomic mass is 35.5. The van der Waals surface area contributed by atoms with Crippen LogP contribution in [0.15, 0.2) is 18.2 Å². The van der Waals surface area contributed by atoms with Crippen LogP contribution in [0.2, 0.25) is 10.0 Å². The third-order valence-corrected chi connectivity index (χ3v) is 4.85. The molecule has 2 atom stereocenters. The van der Waals surface area contributed by atoms with Crippen LogP contribution in [0.4, 0.5) is 4.79 Å². The number of amides is 3. The van der Waals surface area contributed by atoms with E-state index in [0.29, 0.717) is 10.0 Å². The number of carbonyl (C=O) groups excluding carboxylic acids is 2. The minimum Gasteiger partial charge on any atom is -0.338 e. The lowest BCUT2D eigenvalue weighted by molar-refractivity contribution is -0.136. The van der Waals surface area contributed by atoms with Crippen LogP contribution < -0.4 is 10.6 Å². The van der Waals surface area contributed by atoms with Gasteiger partial charge in [0, 0.05) is 29.2 Å². The number of likely N-dealkylation sites (tertiary alicyclic amines) is 1. The molecule has 0 radical (unpaired) electrons. The summed E-state index contributed by atoms with van der Waals surface area (Å²) in [5, 5.41) is 6.44. The number of hydrogen-bond donors (Lipinski definition) is 2. The summed E-state index contributed by atoms with van der Waals surface area (Å²) >= 11 is 11.9. The summed E-state index contributed by atoms with van der Waals surface area (Å²) < 4.78 is 0. The Hall–Kier alpha value is -1.46. The minimum atomic E-state index is -0.564. The van der Waals surface area contributed by atoms with E-state index in [1.54, 1.807) is 25.1 Å². The van der Waals surface area contributed by atoms with Crippen LogP contribution in [0.3, 0.4) is 0 Å². The molecule has 1 aromatic rings. The summed E-state index contributed by atoms with van der Waals surface area (Å²) in [4.78, 5) is 26.3. The first-order valence-corrected chi connectivity index (χ1v) is 8.93. The van der Waals surface area contributed by atoms with Crippen LogP contribution >= 0.6 is 23.2 Å². The van der Waals surface area contributed by atoms with E-state index in [9.17, 15) is 9.59 Å². The van der Waals surface area contributed by atoms with Gasteiger partial charge in [0.05, 0.1) is 0 Å². The van der Waals surface area contributed by atoms with Gasteiger partial charge in [0.2, 0.25) is 5.91 Å². The molecule has 3 amide bonds. The topological polar surface area (TPSA) is 61.4 Å². The van der Waals surface area contributed by atoms with Crippen molar-refractivity contribution in [3.05, 3.63) is 33.8 Å². The Bertz CT molecular complexity index is 609. The lowest BCUT2D eigenvalue weighted by Crippen LogP contribution is -2.53. The number of urea groups is 1. The SMILES string of the molecule is CC(NC(=O)NCc1ccc(Cl)cc1Cl)C(=O)N1CCCCC1C. The van der Waals surface area contributed by atoms with Crippen LogP contribution in [-0.4, -0.2) is 35.5 Å². The van der Waals surface area contributed by atoms with Gasteiger partial charge in [0.1, 0.15) is 6.04 Å². The molecule has 7 heteroatoms. The zero-order chi connectivity index (χ0) is 17.7. The largest absolute Gasteiger partial charge is 0.338 e. The van der Waals surface area contributed by atoms with Crippen LogP contribution in [0.5, 0.6) is 0 Å². The summed E-state index contributed by atoms with van der Waals surface area (Å²) in [6.45, 7) is 4.78. The molecule has 2 rings (SSSR count). The third-order valence-electron chi connectivity index (χ3n) is 4.26. The summed E-state index contributed by atoms with van der Waals surface area (Å²) in [5.74, 6) is -0.0399. The monoisotopic (exact) mass is 371 g/mol. The van der Waals surface area contributed by atoms with Gasteiger partial charge in [-0.25, -0.2) is 4.79 Å². The molecule has 1 aliphatic rings. The quantitative estimate of drug-likeness (QED) is 0.849. The van der Waals surface area contributed by atoms with Crippen LogP contribution in [0.25, 0.3) is 0 Å². The van der Waals surface area contributed by atoms with Gasteiger partial charge in [-0.05, 0) is 50.8 Å². The Morgan fingerprint density at radius 2 is 2.08 bits per heavy atom. The van der Waals surface area contributed by atoms with E-state index in [2.05, 4.69) is 10.6 Å². The van der Waals surface area contributed by atoms with Crippen molar-refractivity contribution in [2.24, 2.45) is 0 Å². The number of hydrogen-bond acceptors (Lipinski definition) is 2. The fourth-order valence-electron chi connectivity index (χ4n) is 2.82. The van der Waals surface area contributed by atoms with Crippen molar-refractivity contribution in [3.63, 3.8) is 0 Å². The molecule has 0 bridgehead atoms. The molecule has 0 aliphatic carbocycles. The number of benzene rings is 1. The Labute approximate surface area is 152 Å². The Kier molecular flexibility index (Phi) is 6.75. The number of piperidine rings is 1. The van der Waals surface area contributed by atoms with Crippen molar-refractivity contribution in [1.29, 1.82) is 0 Å². The first-order chi connectivity index (χ1) is 11.4. The smallest absolute Gasteiger partial charge is 0.315 e. The summed E-state index contributed by atoms with van der Waals surface area (Å²) in [6, 6.07) is 4.37. The van der Waals surface area contributed by atoms with E-state index in [1.165, 1.54) is 0 Å². The third kappa shape index (κ3) is 5.02.